The summed E-state index contributed by atoms with van der Waals surface area (Å²) in [4.78, 5) is 22.2. The van der Waals surface area contributed by atoms with Gasteiger partial charge in [0.05, 0.1) is 6.61 Å². The third-order valence-electron chi connectivity index (χ3n) is 2.11. The average Bonchev–Trinajstić information content (AvgIpc) is 2.31. The molecule has 0 bridgehead atoms. The van der Waals surface area contributed by atoms with Crippen LogP contribution in [0.4, 0.5) is 4.39 Å². The van der Waals surface area contributed by atoms with Crippen molar-refractivity contribution in [3.63, 3.8) is 0 Å². The van der Waals surface area contributed by atoms with E-state index in [1.807, 2.05) is 0 Å². The zero-order valence-electron chi connectivity index (χ0n) is 9.97. The molecule has 0 aromatic heterocycles. The molecule has 0 amide bonds. The normalized spacial score (nSPS) is 11.7. The minimum absolute atomic E-state index is 0.162. The van der Waals surface area contributed by atoms with Crippen molar-refractivity contribution in [2.75, 3.05) is 6.61 Å². The van der Waals surface area contributed by atoms with Crippen molar-refractivity contribution in [2.24, 2.45) is 0 Å². The number of hydrogen-bond donors (Lipinski definition) is 1. The van der Waals surface area contributed by atoms with E-state index in [0.29, 0.717) is 0 Å². The molecule has 18 heavy (non-hydrogen) atoms. The second-order valence-electron chi connectivity index (χ2n) is 3.43. The average molecular weight is 256 g/mol. The largest absolute Gasteiger partial charge is 0.478 e. The molecule has 0 radical (unpaired) electrons. The van der Waals surface area contributed by atoms with E-state index in [0.717, 1.165) is 6.07 Å². The topological polar surface area (TPSA) is 72.8 Å². The minimum Gasteiger partial charge on any atom is -0.478 e. The van der Waals surface area contributed by atoms with Gasteiger partial charge in [-0.2, -0.15) is 0 Å². The Morgan fingerprint density at radius 1 is 1.44 bits per heavy atom. The van der Waals surface area contributed by atoms with Crippen LogP contribution in [0.2, 0.25) is 0 Å². The van der Waals surface area contributed by atoms with Crippen LogP contribution in [0.25, 0.3) is 0 Å². The molecule has 1 aromatic carbocycles. The molecule has 1 atom stereocenters. The zero-order valence-corrected chi connectivity index (χ0v) is 9.97. The van der Waals surface area contributed by atoms with Crippen molar-refractivity contribution in [3.05, 3.63) is 29.6 Å². The fraction of sp³-hybridized carbons (Fsp3) is 0.333. The Morgan fingerprint density at radius 2 is 2.11 bits per heavy atom. The molecule has 1 unspecified atom stereocenters. The number of carbonyl (C=O) groups excluding carboxylic acids is 1. The number of hydrogen-bond acceptors (Lipinski definition) is 4. The predicted molar refractivity (Wildman–Crippen MR) is 60.1 cm³/mol. The van der Waals surface area contributed by atoms with Gasteiger partial charge in [-0.3, -0.25) is 0 Å². The predicted octanol–water partition coefficient (Wildman–Crippen LogP) is 1.85. The molecule has 98 valence electrons. The molecule has 0 saturated heterocycles. The number of carboxylic acids is 1. The first-order valence-electron chi connectivity index (χ1n) is 5.32. The molecule has 6 heteroatoms. The Bertz CT molecular complexity index is 458. The summed E-state index contributed by atoms with van der Waals surface area (Å²) in [5.41, 5.74) is -0.342. The van der Waals surface area contributed by atoms with Gasteiger partial charge < -0.3 is 14.6 Å². The maximum absolute atomic E-state index is 13.5. The highest BCUT2D eigenvalue weighted by atomic mass is 19.1. The highest BCUT2D eigenvalue weighted by Crippen LogP contribution is 2.24. The van der Waals surface area contributed by atoms with Gasteiger partial charge in [-0.1, -0.05) is 6.07 Å². The number of aromatic carboxylic acids is 1. The molecule has 0 aliphatic heterocycles. The van der Waals surface area contributed by atoms with E-state index < -0.39 is 29.6 Å². The van der Waals surface area contributed by atoms with E-state index in [1.165, 1.54) is 19.1 Å². The third-order valence-corrected chi connectivity index (χ3v) is 2.11. The lowest BCUT2D eigenvalue weighted by Gasteiger charge is -2.15. The molecule has 0 heterocycles. The smallest absolute Gasteiger partial charge is 0.347 e. The minimum atomic E-state index is -1.33. The standard InChI is InChI=1S/C12H13FO5/c1-3-17-12(16)7(2)18-10-8(11(14)15)5-4-6-9(10)13/h4-7H,3H2,1-2H3,(H,14,15). The first-order valence-corrected chi connectivity index (χ1v) is 5.32. The van der Waals surface area contributed by atoms with Crippen LogP contribution < -0.4 is 4.74 Å². The molecule has 0 saturated carbocycles. The Balaban J connectivity index is 2.96. The van der Waals surface area contributed by atoms with Gasteiger partial charge >= 0.3 is 11.9 Å². The van der Waals surface area contributed by atoms with E-state index in [-0.39, 0.29) is 12.2 Å². The van der Waals surface area contributed by atoms with E-state index in [4.69, 9.17) is 9.84 Å². The fourth-order valence-electron chi connectivity index (χ4n) is 1.28. The van der Waals surface area contributed by atoms with Crippen LogP contribution >= 0.6 is 0 Å². The number of ether oxygens (including phenoxy) is 2. The van der Waals surface area contributed by atoms with Gasteiger partial charge in [-0.15, -0.1) is 0 Å². The maximum Gasteiger partial charge on any atom is 0.347 e. The van der Waals surface area contributed by atoms with Crippen LogP contribution in [0.5, 0.6) is 5.75 Å². The first kappa shape index (κ1) is 14.0. The number of halogens is 1. The number of para-hydroxylation sites is 1. The molecular formula is C12H13FO5. The van der Waals surface area contributed by atoms with Gasteiger partial charge in [0.1, 0.15) is 5.56 Å². The van der Waals surface area contributed by atoms with Crippen LogP contribution in [0.1, 0.15) is 24.2 Å². The fourth-order valence-corrected chi connectivity index (χ4v) is 1.28. The quantitative estimate of drug-likeness (QED) is 0.814. The monoisotopic (exact) mass is 256 g/mol. The number of benzene rings is 1. The molecule has 0 fully saturated rings. The number of carboxylic acid groups (broad SMARTS) is 1. The highest BCUT2D eigenvalue weighted by Gasteiger charge is 2.22. The van der Waals surface area contributed by atoms with Gasteiger partial charge in [0.15, 0.2) is 17.7 Å². The molecule has 0 aliphatic carbocycles. The molecule has 5 nitrogen and oxygen atoms in total. The van der Waals surface area contributed by atoms with Crippen molar-refractivity contribution >= 4 is 11.9 Å². The molecule has 0 spiro atoms. The summed E-state index contributed by atoms with van der Waals surface area (Å²) in [6, 6.07) is 3.50. The van der Waals surface area contributed by atoms with E-state index in [1.54, 1.807) is 6.92 Å². The first-order chi connectivity index (χ1) is 8.47. The van der Waals surface area contributed by atoms with Crippen molar-refractivity contribution in [3.8, 4) is 5.75 Å². The van der Waals surface area contributed by atoms with Gasteiger partial charge in [0, 0.05) is 0 Å². The van der Waals surface area contributed by atoms with E-state index in [2.05, 4.69) is 4.74 Å². The zero-order chi connectivity index (χ0) is 13.7. The van der Waals surface area contributed by atoms with E-state index >= 15 is 0 Å². The number of esters is 1. The van der Waals surface area contributed by atoms with Crippen molar-refractivity contribution in [2.45, 2.75) is 20.0 Å². The SMILES string of the molecule is CCOC(=O)C(C)Oc1c(F)cccc1C(=O)O. The Morgan fingerprint density at radius 3 is 2.67 bits per heavy atom. The number of carbonyl (C=O) groups is 2. The van der Waals surface area contributed by atoms with Crippen LogP contribution in [-0.2, 0) is 9.53 Å². The van der Waals surface area contributed by atoms with Crippen LogP contribution in [0.15, 0.2) is 18.2 Å². The van der Waals surface area contributed by atoms with Gasteiger partial charge in [0.25, 0.3) is 0 Å². The molecule has 1 rings (SSSR count). The van der Waals surface area contributed by atoms with E-state index in [9.17, 15) is 14.0 Å². The summed E-state index contributed by atoms with van der Waals surface area (Å²) in [5, 5.41) is 8.88. The Labute approximate surface area is 103 Å². The van der Waals surface area contributed by atoms with Crippen molar-refractivity contribution in [1.82, 2.24) is 0 Å². The lowest BCUT2D eigenvalue weighted by molar-refractivity contribution is -0.150. The number of rotatable bonds is 5. The summed E-state index contributed by atoms with van der Waals surface area (Å²) in [6.45, 7) is 3.14. The van der Waals surface area contributed by atoms with Gasteiger partial charge in [-0.05, 0) is 26.0 Å². The summed E-state index contributed by atoms with van der Waals surface area (Å²) < 4.78 is 23.2. The Hall–Kier alpha value is -2.11. The van der Waals surface area contributed by atoms with Gasteiger partial charge in [-0.25, -0.2) is 14.0 Å². The second-order valence-corrected chi connectivity index (χ2v) is 3.43. The summed E-state index contributed by atoms with van der Waals surface area (Å²) in [7, 11) is 0. The molecule has 0 aliphatic rings. The molecular weight excluding hydrogens is 243 g/mol. The lowest BCUT2D eigenvalue weighted by Crippen LogP contribution is -2.27. The Kier molecular flexibility index (Phi) is 4.65. The van der Waals surface area contributed by atoms with Gasteiger partial charge in [0.2, 0.25) is 0 Å². The lowest BCUT2D eigenvalue weighted by atomic mass is 10.2. The second kappa shape index (κ2) is 6.00. The summed E-state index contributed by atoms with van der Waals surface area (Å²) in [6.07, 6.45) is -1.08. The third kappa shape index (κ3) is 3.19. The highest BCUT2D eigenvalue weighted by molar-refractivity contribution is 5.91. The summed E-state index contributed by atoms with van der Waals surface area (Å²) in [5.74, 6) is -3.32. The summed E-state index contributed by atoms with van der Waals surface area (Å²) >= 11 is 0. The van der Waals surface area contributed by atoms with Crippen LogP contribution in [0, 0.1) is 5.82 Å². The molecule has 1 N–H and O–H groups in total. The van der Waals surface area contributed by atoms with Crippen molar-refractivity contribution in [1.29, 1.82) is 0 Å². The maximum atomic E-state index is 13.5. The molecule has 1 aromatic rings. The van der Waals surface area contributed by atoms with Crippen LogP contribution in [0.3, 0.4) is 0 Å². The van der Waals surface area contributed by atoms with Crippen LogP contribution in [-0.4, -0.2) is 29.8 Å². The van der Waals surface area contributed by atoms with Crippen molar-refractivity contribution < 1.29 is 28.6 Å².